The van der Waals surface area contributed by atoms with Gasteiger partial charge in [-0.25, -0.2) is 4.39 Å². The fourth-order valence-electron chi connectivity index (χ4n) is 2.98. The van der Waals surface area contributed by atoms with Crippen LogP contribution in [0.2, 0.25) is 0 Å². The largest absolute Gasteiger partial charge is 0.341 e. The Morgan fingerprint density at radius 3 is 2.59 bits per heavy atom. The van der Waals surface area contributed by atoms with Gasteiger partial charge in [0, 0.05) is 24.2 Å². The summed E-state index contributed by atoms with van der Waals surface area (Å²) in [5.74, 6) is -1.68. The molecule has 6 nitrogen and oxygen atoms in total. The van der Waals surface area contributed by atoms with Crippen molar-refractivity contribution in [3.05, 3.63) is 36.7 Å². The van der Waals surface area contributed by atoms with E-state index in [1.54, 1.807) is 4.90 Å². The average molecular weight is 375 g/mol. The summed E-state index contributed by atoms with van der Waals surface area (Å²) in [5, 5.41) is 5.10. The molecule has 0 aromatic heterocycles. The van der Waals surface area contributed by atoms with Crippen molar-refractivity contribution in [1.29, 1.82) is 0 Å². The molecule has 146 valence electrons. The van der Waals surface area contributed by atoms with Crippen molar-refractivity contribution in [2.24, 2.45) is 11.3 Å². The Morgan fingerprint density at radius 1 is 1.26 bits per heavy atom. The molecule has 7 heteroatoms. The number of likely N-dealkylation sites (tertiary alicyclic amines) is 1. The lowest BCUT2D eigenvalue weighted by Crippen LogP contribution is -2.47. The molecule has 0 saturated carbocycles. The maximum atomic E-state index is 13.8. The van der Waals surface area contributed by atoms with Crippen molar-refractivity contribution < 1.29 is 18.8 Å². The summed E-state index contributed by atoms with van der Waals surface area (Å²) in [6, 6.07) is 3.96. The average Bonchev–Trinajstić information content (AvgIpc) is 2.63. The Bertz CT molecular complexity index is 755. The zero-order valence-electron chi connectivity index (χ0n) is 16.0. The predicted molar refractivity (Wildman–Crippen MR) is 103 cm³/mol. The third-order valence-corrected chi connectivity index (χ3v) is 4.40. The van der Waals surface area contributed by atoms with E-state index in [4.69, 9.17) is 0 Å². The third-order valence-electron chi connectivity index (χ3n) is 4.40. The molecule has 1 fully saturated rings. The number of hydrogen-bond donors (Lipinski definition) is 2. The van der Waals surface area contributed by atoms with Crippen LogP contribution >= 0.6 is 0 Å². The van der Waals surface area contributed by atoms with Crippen LogP contribution in [-0.4, -0.2) is 35.7 Å². The number of hydrogen-bond acceptors (Lipinski definition) is 3. The lowest BCUT2D eigenvalue weighted by Gasteiger charge is -2.35. The van der Waals surface area contributed by atoms with Gasteiger partial charge in [0.25, 0.3) is 0 Å². The van der Waals surface area contributed by atoms with E-state index in [0.717, 1.165) is 12.5 Å². The smallest absolute Gasteiger partial charge is 0.247 e. The molecule has 0 spiro atoms. The highest BCUT2D eigenvalue weighted by molar-refractivity contribution is 6.00. The molecule has 1 atom stereocenters. The van der Waals surface area contributed by atoms with Gasteiger partial charge in [-0.2, -0.15) is 0 Å². The lowest BCUT2D eigenvalue weighted by molar-refractivity contribution is -0.142. The summed E-state index contributed by atoms with van der Waals surface area (Å²) in [6.45, 7) is 9.90. The van der Waals surface area contributed by atoms with Crippen LogP contribution in [0.15, 0.2) is 30.9 Å². The van der Waals surface area contributed by atoms with Crippen LogP contribution in [0.3, 0.4) is 0 Å². The van der Waals surface area contributed by atoms with Gasteiger partial charge < -0.3 is 15.5 Å². The van der Waals surface area contributed by atoms with Gasteiger partial charge >= 0.3 is 0 Å². The fraction of sp³-hybridized carbons (Fsp3) is 0.450. The van der Waals surface area contributed by atoms with Gasteiger partial charge in [-0.05, 0) is 37.1 Å². The Kier molecular flexibility index (Phi) is 6.36. The van der Waals surface area contributed by atoms with E-state index >= 15 is 0 Å². The number of carbonyl (C=O) groups excluding carboxylic acids is 3. The summed E-state index contributed by atoms with van der Waals surface area (Å²) in [5.41, 5.74) is -0.154. The second-order valence-corrected chi connectivity index (χ2v) is 7.72. The number of benzene rings is 1. The summed E-state index contributed by atoms with van der Waals surface area (Å²) in [7, 11) is 0. The molecule has 2 N–H and O–H groups in total. The molecule has 0 aliphatic carbocycles. The minimum Gasteiger partial charge on any atom is -0.341 e. The lowest BCUT2D eigenvalue weighted by atomic mass is 9.91. The zero-order valence-corrected chi connectivity index (χ0v) is 16.0. The SMILES string of the molecule is C=CC(=O)Nc1cc(NC(=O)C2CCCN(C(=O)C(C)(C)C)C2)ccc1F. The van der Waals surface area contributed by atoms with Gasteiger partial charge in [0.15, 0.2) is 0 Å². The van der Waals surface area contributed by atoms with Gasteiger partial charge in [-0.3, -0.25) is 14.4 Å². The highest BCUT2D eigenvalue weighted by Crippen LogP contribution is 2.25. The van der Waals surface area contributed by atoms with Gasteiger partial charge in [0.2, 0.25) is 17.7 Å². The predicted octanol–water partition coefficient (Wildman–Crippen LogP) is 3.17. The highest BCUT2D eigenvalue weighted by atomic mass is 19.1. The van der Waals surface area contributed by atoms with E-state index in [1.807, 2.05) is 20.8 Å². The van der Waals surface area contributed by atoms with Crippen molar-refractivity contribution >= 4 is 29.1 Å². The Hall–Kier alpha value is -2.70. The quantitative estimate of drug-likeness (QED) is 0.794. The first-order valence-corrected chi connectivity index (χ1v) is 8.95. The highest BCUT2D eigenvalue weighted by Gasteiger charge is 2.33. The fourth-order valence-corrected chi connectivity index (χ4v) is 2.98. The van der Waals surface area contributed by atoms with Crippen molar-refractivity contribution in [3.8, 4) is 0 Å². The van der Waals surface area contributed by atoms with Gasteiger partial charge in [-0.1, -0.05) is 27.4 Å². The Balaban J connectivity index is 2.06. The van der Waals surface area contributed by atoms with Crippen LogP contribution in [0.4, 0.5) is 15.8 Å². The molecule has 1 unspecified atom stereocenters. The molecule has 1 saturated heterocycles. The monoisotopic (exact) mass is 375 g/mol. The molecule has 1 aromatic carbocycles. The first-order valence-electron chi connectivity index (χ1n) is 8.95. The Labute approximate surface area is 158 Å². The summed E-state index contributed by atoms with van der Waals surface area (Å²) in [4.78, 5) is 38.2. The molecule has 1 aliphatic rings. The van der Waals surface area contributed by atoms with E-state index in [-0.39, 0.29) is 23.4 Å². The van der Waals surface area contributed by atoms with E-state index in [0.29, 0.717) is 25.2 Å². The van der Waals surface area contributed by atoms with Crippen LogP contribution in [0, 0.1) is 17.2 Å². The normalized spacial score (nSPS) is 17.2. The first kappa shape index (κ1) is 20.6. The van der Waals surface area contributed by atoms with Gasteiger partial charge in [-0.15, -0.1) is 0 Å². The van der Waals surface area contributed by atoms with E-state index in [9.17, 15) is 18.8 Å². The summed E-state index contributed by atoms with van der Waals surface area (Å²) in [6.07, 6.45) is 2.47. The molecule has 1 aliphatic heterocycles. The number of piperidine rings is 1. The molecular formula is C20H26FN3O3. The van der Waals surface area contributed by atoms with Crippen molar-refractivity contribution in [2.75, 3.05) is 23.7 Å². The molecule has 2 rings (SSSR count). The van der Waals surface area contributed by atoms with E-state index in [2.05, 4.69) is 17.2 Å². The second-order valence-electron chi connectivity index (χ2n) is 7.72. The van der Waals surface area contributed by atoms with Crippen molar-refractivity contribution in [2.45, 2.75) is 33.6 Å². The number of carbonyl (C=O) groups is 3. The first-order chi connectivity index (χ1) is 12.6. The number of nitrogens with one attached hydrogen (secondary N) is 2. The molecule has 1 aromatic rings. The van der Waals surface area contributed by atoms with Crippen LogP contribution in [0.25, 0.3) is 0 Å². The maximum absolute atomic E-state index is 13.8. The topological polar surface area (TPSA) is 78.5 Å². The standard InChI is InChI=1S/C20H26FN3O3/c1-5-17(25)23-16-11-14(8-9-15(16)21)22-18(26)13-7-6-10-24(12-13)19(27)20(2,3)4/h5,8-9,11,13H,1,6-7,10,12H2,2-4H3,(H,22,26)(H,23,25). The Morgan fingerprint density at radius 2 is 1.96 bits per heavy atom. The van der Waals surface area contributed by atoms with Gasteiger partial charge in [0.1, 0.15) is 5.82 Å². The minimum absolute atomic E-state index is 0.0243. The molecule has 3 amide bonds. The number of anilines is 2. The number of nitrogens with zero attached hydrogens (tertiary/aromatic N) is 1. The maximum Gasteiger partial charge on any atom is 0.247 e. The van der Waals surface area contributed by atoms with Crippen molar-refractivity contribution in [1.82, 2.24) is 4.90 Å². The van der Waals surface area contributed by atoms with Gasteiger partial charge in [0.05, 0.1) is 11.6 Å². The number of amides is 3. The molecule has 0 bridgehead atoms. The van der Waals surface area contributed by atoms with Crippen LogP contribution in [0.5, 0.6) is 0 Å². The zero-order chi connectivity index (χ0) is 20.2. The van der Waals surface area contributed by atoms with E-state index < -0.39 is 17.1 Å². The summed E-state index contributed by atoms with van der Waals surface area (Å²) >= 11 is 0. The van der Waals surface area contributed by atoms with Crippen LogP contribution in [0.1, 0.15) is 33.6 Å². The minimum atomic E-state index is -0.609. The van der Waals surface area contributed by atoms with Crippen LogP contribution in [-0.2, 0) is 14.4 Å². The van der Waals surface area contributed by atoms with Crippen LogP contribution < -0.4 is 10.6 Å². The van der Waals surface area contributed by atoms with E-state index in [1.165, 1.54) is 18.2 Å². The summed E-state index contributed by atoms with van der Waals surface area (Å²) < 4.78 is 13.8. The molecule has 1 heterocycles. The van der Waals surface area contributed by atoms with Crippen molar-refractivity contribution in [3.63, 3.8) is 0 Å². The molecule has 27 heavy (non-hydrogen) atoms. The molecule has 0 radical (unpaired) electrons. The molecular weight excluding hydrogens is 349 g/mol. The second kappa shape index (κ2) is 8.33. The third kappa shape index (κ3) is 5.39. The number of halogens is 1. The number of rotatable bonds is 4.